The van der Waals surface area contributed by atoms with Gasteiger partial charge in [-0.3, -0.25) is 5.32 Å². The minimum atomic E-state index is -0.675. The van der Waals surface area contributed by atoms with Crippen molar-refractivity contribution in [3.8, 4) is 11.9 Å². The lowest BCUT2D eigenvalue weighted by Gasteiger charge is -2.04. The molecule has 0 saturated carbocycles. The minimum absolute atomic E-state index is 0.196. The van der Waals surface area contributed by atoms with Gasteiger partial charge in [0, 0.05) is 0 Å². The lowest BCUT2D eigenvalue weighted by atomic mass is 10.3. The zero-order valence-corrected chi connectivity index (χ0v) is 10.6. The Morgan fingerprint density at radius 3 is 2.94 bits per heavy atom. The molecule has 0 spiro atoms. The number of aromatic hydroxyl groups is 1. The second kappa shape index (κ2) is 5.72. The number of hydrogen-bond donors (Lipinski definition) is 2. The molecule has 0 heterocycles. The van der Waals surface area contributed by atoms with Gasteiger partial charge in [0.2, 0.25) is 0 Å². The highest BCUT2D eigenvalue weighted by Gasteiger charge is 2.11. The van der Waals surface area contributed by atoms with Gasteiger partial charge in [-0.25, -0.2) is 9.38 Å². The zero-order chi connectivity index (χ0) is 12.1. The summed E-state index contributed by atoms with van der Waals surface area (Å²) in [7, 11) is 0. The van der Waals surface area contributed by atoms with Crippen molar-refractivity contribution in [2.24, 2.45) is 4.99 Å². The summed E-state index contributed by atoms with van der Waals surface area (Å²) in [6, 6.07) is 2.69. The summed E-state index contributed by atoms with van der Waals surface area (Å²) in [6.07, 6.45) is 3.35. The third kappa shape index (κ3) is 2.87. The first-order chi connectivity index (χ1) is 7.60. The Morgan fingerprint density at radius 2 is 2.38 bits per heavy atom. The van der Waals surface area contributed by atoms with E-state index in [0.717, 1.165) is 11.8 Å². The fraction of sp³-hybridized carbons (Fsp3) is 0.111. The van der Waals surface area contributed by atoms with E-state index in [2.05, 4.69) is 26.2 Å². The second-order valence-corrected chi connectivity index (χ2v) is 4.24. The number of rotatable bonds is 1. The third-order valence-corrected chi connectivity index (χ3v) is 2.81. The van der Waals surface area contributed by atoms with Crippen molar-refractivity contribution in [2.45, 2.75) is 0 Å². The molecule has 7 heteroatoms. The lowest BCUT2D eigenvalue weighted by molar-refractivity contribution is 0.471. The molecule has 2 N–H and O–H groups in total. The first kappa shape index (κ1) is 12.8. The Balaban J connectivity index is 3.23. The first-order valence-corrected chi connectivity index (χ1v) is 6.06. The largest absolute Gasteiger partial charge is 0.506 e. The van der Waals surface area contributed by atoms with Crippen molar-refractivity contribution in [3.63, 3.8) is 0 Å². The zero-order valence-electron chi connectivity index (χ0n) is 8.16. The fourth-order valence-electron chi connectivity index (χ4n) is 0.910. The maximum atomic E-state index is 13.6. The SMILES string of the molecule is CSC(=Nc1c(O)ccc(Br)c1F)NC#N. The summed E-state index contributed by atoms with van der Waals surface area (Å²) in [4.78, 5) is 3.82. The maximum absolute atomic E-state index is 13.6. The summed E-state index contributed by atoms with van der Waals surface area (Å²) >= 11 is 4.12. The van der Waals surface area contributed by atoms with Crippen LogP contribution >= 0.6 is 27.7 Å². The molecule has 0 aliphatic carbocycles. The van der Waals surface area contributed by atoms with Crippen LogP contribution in [0.4, 0.5) is 10.1 Å². The lowest BCUT2D eigenvalue weighted by Crippen LogP contribution is -2.12. The summed E-state index contributed by atoms with van der Waals surface area (Å²) in [5.41, 5.74) is -0.207. The van der Waals surface area contributed by atoms with E-state index in [-0.39, 0.29) is 21.1 Å². The van der Waals surface area contributed by atoms with Gasteiger partial charge in [-0.15, -0.1) is 0 Å². The molecule has 0 aromatic heterocycles. The van der Waals surface area contributed by atoms with E-state index in [0.29, 0.717) is 0 Å². The van der Waals surface area contributed by atoms with E-state index in [1.807, 2.05) is 0 Å². The highest BCUT2D eigenvalue weighted by Crippen LogP contribution is 2.34. The number of nitriles is 1. The van der Waals surface area contributed by atoms with Crippen molar-refractivity contribution in [1.82, 2.24) is 5.32 Å². The van der Waals surface area contributed by atoms with Crippen molar-refractivity contribution >= 4 is 38.5 Å². The Bertz CT molecular complexity index is 473. The number of nitrogens with zero attached hydrogens (tertiary/aromatic N) is 2. The Morgan fingerprint density at radius 1 is 1.69 bits per heavy atom. The van der Waals surface area contributed by atoms with Crippen LogP contribution < -0.4 is 5.32 Å². The fourth-order valence-corrected chi connectivity index (χ4v) is 1.56. The molecule has 4 nitrogen and oxygen atoms in total. The standard InChI is InChI=1S/C9H7BrFN3OS/c1-16-9(13-4-12)14-8-6(15)3-2-5(10)7(8)11/h2-3,15H,1H3,(H,13,14). The minimum Gasteiger partial charge on any atom is -0.506 e. The Labute approximate surface area is 104 Å². The maximum Gasteiger partial charge on any atom is 0.183 e. The highest BCUT2D eigenvalue weighted by atomic mass is 79.9. The molecule has 16 heavy (non-hydrogen) atoms. The van der Waals surface area contributed by atoms with Crippen LogP contribution in [0.25, 0.3) is 0 Å². The molecule has 0 aliphatic rings. The normalized spacial score (nSPS) is 11.0. The molecule has 0 bridgehead atoms. The number of hydrogen-bond acceptors (Lipinski definition) is 4. The van der Waals surface area contributed by atoms with Gasteiger partial charge in [-0.05, 0) is 34.3 Å². The molecular formula is C9H7BrFN3OS. The number of phenols is 1. The van der Waals surface area contributed by atoms with Crippen LogP contribution in [-0.2, 0) is 0 Å². The number of nitrogens with one attached hydrogen (secondary N) is 1. The summed E-state index contributed by atoms with van der Waals surface area (Å²) in [5, 5.41) is 20.3. The molecule has 0 radical (unpaired) electrons. The summed E-state index contributed by atoms with van der Waals surface area (Å²) < 4.78 is 13.8. The first-order valence-electron chi connectivity index (χ1n) is 4.05. The second-order valence-electron chi connectivity index (χ2n) is 2.59. The van der Waals surface area contributed by atoms with Crippen molar-refractivity contribution in [2.75, 3.05) is 6.26 Å². The van der Waals surface area contributed by atoms with Gasteiger partial charge < -0.3 is 5.11 Å². The molecule has 0 aliphatic heterocycles. The number of benzene rings is 1. The van der Waals surface area contributed by atoms with Crippen LogP contribution in [0, 0.1) is 17.3 Å². The van der Waals surface area contributed by atoms with E-state index >= 15 is 0 Å². The van der Waals surface area contributed by atoms with Gasteiger partial charge in [0.1, 0.15) is 11.4 Å². The van der Waals surface area contributed by atoms with E-state index in [1.165, 1.54) is 12.1 Å². The van der Waals surface area contributed by atoms with Crippen LogP contribution in [-0.4, -0.2) is 16.5 Å². The van der Waals surface area contributed by atoms with Crippen LogP contribution in [0.15, 0.2) is 21.6 Å². The summed E-state index contributed by atoms with van der Waals surface area (Å²) in [6.45, 7) is 0. The highest BCUT2D eigenvalue weighted by molar-refractivity contribution is 9.10. The van der Waals surface area contributed by atoms with Gasteiger partial charge >= 0.3 is 0 Å². The molecule has 0 fully saturated rings. The predicted octanol–water partition coefficient (Wildman–Crippen LogP) is 2.71. The third-order valence-electron chi connectivity index (χ3n) is 1.62. The monoisotopic (exact) mass is 303 g/mol. The molecule has 1 aromatic carbocycles. The molecule has 0 atom stereocenters. The topological polar surface area (TPSA) is 68.4 Å². The summed E-state index contributed by atoms with van der Waals surface area (Å²) in [5.74, 6) is -0.960. The predicted molar refractivity (Wildman–Crippen MR) is 65.1 cm³/mol. The van der Waals surface area contributed by atoms with Crippen LogP contribution in [0.5, 0.6) is 5.75 Å². The number of aliphatic imine (C=N–C) groups is 1. The van der Waals surface area contributed by atoms with Gasteiger partial charge in [-0.2, -0.15) is 5.26 Å². The molecule has 0 unspecified atom stereocenters. The van der Waals surface area contributed by atoms with Gasteiger partial charge in [-0.1, -0.05) is 11.8 Å². The van der Waals surface area contributed by atoms with Crippen molar-refractivity contribution in [1.29, 1.82) is 5.26 Å². The average Bonchev–Trinajstić information content (AvgIpc) is 2.28. The van der Waals surface area contributed by atoms with E-state index in [4.69, 9.17) is 5.26 Å². The van der Waals surface area contributed by atoms with Crippen LogP contribution in [0.1, 0.15) is 0 Å². The van der Waals surface area contributed by atoms with Crippen molar-refractivity contribution < 1.29 is 9.50 Å². The number of halogens is 2. The number of phenolic OH excluding ortho intramolecular Hbond substituents is 1. The van der Waals surface area contributed by atoms with Gasteiger partial charge in [0.05, 0.1) is 4.47 Å². The smallest absolute Gasteiger partial charge is 0.183 e. The van der Waals surface area contributed by atoms with Gasteiger partial charge in [0.25, 0.3) is 0 Å². The number of amidine groups is 1. The van der Waals surface area contributed by atoms with Crippen LogP contribution in [0.3, 0.4) is 0 Å². The average molecular weight is 304 g/mol. The van der Waals surface area contributed by atoms with Crippen LogP contribution in [0.2, 0.25) is 0 Å². The van der Waals surface area contributed by atoms with Crippen molar-refractivity contribution in [3.05, 3.63) is 22.4 Å². The molecule has 84 valence electrons. The Kier molecular flexibility index (Phi) is 4.58. The van der Waals surface area contributed by atoms with E-state index in [1.54, 1.807) is 12.4 Å². The molecule has 1 aromatic rings. The van der Waals surface area contributed by atoms with E-state index < -0.39 is 5.82 Å². The quantitative estimate of drug-likeness (QED) is 0.362. The van der Waals surface area contributed by atoms with E-state index in [9.17, 15) is 9.50 Å². The molecule has 0 amide bonds. The van der Waals surface area contributed by atoms with Gasteiger partial charge in [0.15, 0.2) is 17.2 Å². The Hall–Kier alpha value is -1.26. The molecular weight excluding hydrogens is 297 g/mol. The molecule has 0 saturated heterocycles. The number of thioether (sulfide) groups is 1. The molecule has 1 rings (SSSR count).